The zero-order valence-electron chi connectivity index (χ0n) is 12.9. The molecule has 2 N–H and O–H groups in total. The number of rotatable bonds is 5. The van der Waals surface area contributed by atoms with Crippen LogP contribution in [0.2, 0.25) is 0 Å². The van der Waals surface area contributed by atoms with Gasteiger partial charge in [0.25, 0.3) is 0 Å². The van der Waals surface area contributed by atoms with Crippen LogP contribution in [0.5, 0.6) is 0 Å². The molecule has 0 spiro atoms. The van der Waals surface area contributed by atoms with E-state index in [-0.39, 0.29) is 17.6 Å². The highest BCUT2D eigenvalue weighted by atomic mass is 32.1. The van der Waals surface area contributed by atoms with E-state index in [0.717, 1.165) is 0 Å². The van der Waals surface area contributed by atoms with Gasteiger partial charge in [-0.15, -0.1) is 11.3 Å². The Hall–Kier alpha value is -2.15. The first-order chi connectivity index (χ1) is 10.9. The maximum Gasteiger partial charge on any atom is 0.341 e. The van der Waals surface area contributed by atoms with E-state index in [9.17, 15) is 19.5 Å². The highest BCUT2D eigenvalue weighted by molar-refractivity contribution is 7.14. The summed E-state index contributed by atoms with van der Waals surface area (Å²) in [5.74, 6) is -3.27. The van der Waals surface area contributed by atoms with E-state index in [4.69, 9.17) is 4.74 Å². The van der Waals surface area contributed by atoms with Crippen LogP contribution in [-0.4, -0.2) is 29.1 Å². The van der Waals surface area contributed by atoms with Crippen LogP contribution in [0, 0.1) is 11.8 Å². The lowest BCUT2D eigenvalue weighted by Gasteiger charge is -2.24. The number of carbonyl (C=O) groups excluding carboxylic acids is 2. The summed E-state index contributed by atoms with van der Waals surface area (Å²) in [5.41, 5.74) is 0.287. The number of carboxylic acid groups (broad SMARTS) is 1. The number of carbonyl (C=O) groups is 3. The molecule has 1 aromatic rings. The van der Waals surface area contributed by atoms with E-state index in [0.29, 0.717) is 17.8 Å². The first-order valence-electron chi connectivity index (χ1n) is 7.37. The molecule has 0 bridgehead atoms. The Morgan fingerprint density at radius 3 is 2.52 bits per heavy atom. The fourth-order valence-electron chi connectivity index (χ4n) is 2.43. The molecule has 1 amide bonds. The number of hydrogen-bond donors (Lipinski definition) is 2. The van der Waals surface area contributed by atoms with E-state index < -0.39 is 23.8 Å². The molecule has 6 nitrogen and oxygen atoms in total. The second-order valence-electron chi connectivity index (χ2n) is 5.60. The van der Waals surface area contributed by atoms with E-state index in [1.807, 2.05) is 6.08 Å². The molecule has 0 radical (unpaired) electrons. The van der Waals surface area contributed by atoms with Gasteiger partial charge in [0.15, 0.2) is 0 Å². The third-order valence-electron chi connectivity index (χ3n) is 3.55. The van der Waals surface area contributed by atoms with Gasteiger partial charge in [0, 0.05) is 0 Å². The van der Waals surface area contributed by atoms with Crippen molar-refractivity contribution in [3.63, 3.8) is 0 Å². The van der Waals surface area contributed by atoms with Gasteiger partial charge in [0.1, 0.15) is 5.00 Å². The van der Waals surface area contributed by atoms with Crippen molar-refractivity contribution in [3.05, 3.63) is 29.2 Å². The van der Waals surface area contributed by atoms with Crippen LogP contribution in [0.15, 0.2) is 23.6 Å². The lowest BCUT2D eigenvalue weighted by Crippen LogP contribution is -2.34. The number of carboxylic acids is 1. The van der Waals surface area contributed by atoms with E-state index in [2.05, 4.69) is 5.32 Å². The van der Waals surface area contributed by atoms with Gasteiger partial charge in [-0.05, 0) is 38.1 Å². The first kappa shape index (κ1) is 17.2. The minimum absolute atomic E-state index is 0.258. The molecule has 124 valence electrons. The van der Waals surface area contributed by atoms with Crippen LogP contribution in [0.3, 0.4) is 0 Å². The number of anilines is 1. The summed E-state index contributed by atoms with van der Waals surface area (Å²) in [6, 6.07) is 1.58. The van der Waals surface area contributed by atoms with Gasteiger partial charge in [0.05, 0.1) is 23.5 Å². The quantitative estimate of drug-likeness (QED) is 0.636. The average molecular weight is 337 g/mol. The molecule has 23 heavy (non-hydrogen) atoms. The van der Waals surface area contributed by atoms with Crippen molar-refractivity contribution >= 4 is 34.2 Å². The molecule has 1 aliphatic rings. The Balaban J connectivity index is 2.12. The summed E-state index contributed by atoms with van der Waals surface area (Å²) in [5, 5.41) is 14.0. The van der Waals surface area contributed by atoms with Crippen molar-refractivity contribution in [3.8, 4) is 0 Å². The summed E-state index contributed by atoms with van der Waals surface area (Å²) < 4.78 is 5.13. The molecule has 0 aliphatic heterocycles. The Kier molecular flexibility index (Phi) is 5.54. The summed E-state index contributed by atoms with van der Waals surface area (Å²) in [6.45, 7) is 3.49. The van der Waals surface area contributed by atoms with Crippen LogP contribution in [0.1, 0.15) is 37.0 Å². The van der Waals surface area contributed by atoms with E-state index in [1.165, 1.54) is 11.3 Å². The Bertz CT molecular complexity index is 634. The lowest BCUT2D eigenvalue weighted by atomic mass is 9.82. The van der Waals surface area contributed by atoms with Gasteiger partial charge in [-0.3, -0.25) is 9.59 Å². The predicted molar refractivity (Wildman–Crippen MR) is 86.5 cm³/mol. The van der Waals surface area contributed by atoms with Crippen LogP contribution >= 0.6 is 11.3 Å². The number of amides is 1. The molecule has 1 aliphatic carbocycles. The predicted octanol–water partition coefficient (Wildman–Crippen LogP) is 2.92. The maximum atomic E-state index is 12.4. The first-order valence-corrected chi connectivity index (χ1v) is 8.25. The molecule has 7 heteroatoms. The highest BCUT2D eigenvalue weighted by Gasteiger charge is 2.34. The number of aliphatic carboxylic acids is 1. The van der Waals surface area contributed by atoms with Crippen LogP contribution in [-0.2, 0) is 14.3 Å². The molecule has 2 rings (SSSR count). The molecular formula is C16H19NO5S. The number of allylic oxidation sites excluding steroid dienone is 2. The van der Waals surface area contributed by atoms with Gasteiger partial charge in [-0.2, -0.15) is 0 Å². The van der Waals surface area contributed by atoms with Crippen molar-refractivity contribution in [2.24, 2.45) is 11.8 Å². The van der Waals surface area contributed by atoms with Crippen molar-refractivity contribution in [2.75, 3.05) is 5.32 Å². The lowest BCUT2D eigenvalue weighted by molar-refractivity contribution is -0.146. The number of hydrogen-bond acceptors (Lipinski definition) is 5. The second-order valence-corrected chi connectivity index (χ2v) is 6.52. The van der Waals surface area contributed by atoms with E-state index in [1.54, 1.807) is 31.4 Å². The smallest absolute Gasteiger partial charge is 0.341 e. The van der Waals surface area contributed by atoms with Crippen molar-refractivity contribution < 1.29 is 24.2 Å². The van der Waals surface area contributed by atoms with Crippen molar-refractivity contribution in [1.29, 1.82) is 0 Å². The number of esters is 1. The number of thiophene rings is 1. The number of nitrogens with one attached hydrogen (secondary N) is 1. The Labute approximate surface area is 138 Å². The van der Waals surface area contributed by atoms with Gasteiger partial charge >= 0.3 is 11.9 Å². The summed E-state index contributed by atoms with van der Waals surface area (Å²) >= 11 is 1.21. The van der Waals surface area contributed by atoms with Crippen LogP contribution < -0.4 is 5.32 Å². The van der Waals surface area contributed by atoms with Crippen LogP contribution in [0.25, 0.3) is 0 Å². The van der Waals surface area contributed by atoms with Gasteiger partial charge in [-0.1, -0.05) is 12.2 Å². The zero-order chi connectivity index (χ0) is 17.0. The normalized spacial score (nSPS) is 20.3. The summed E-state index contributed by atoms with van der Waals surface area (Å²) in [4.78, 5) is 35.7. The summed E-state index contributed by atoms with van der Waals surface area (Å²) in [7, 11) is 0. The average Bonchev–Trinajstić information content (AvgIpc) is 2.94. The third kappa shape index (κ3) is 4.19. The number of ether oxygens (including phenoxy) is 1. The molecule has 0 fully saturated rings. The zero-order valence-corrected chi connectivity index (χ0v) is 13.8. The minimum atomic E-state index is -0.986. The monoisotopic (exact) mass is 337 g/mol. The highest BCUT2D eigenvalue weighted by Crippen LogP contribution is 2.30. The third-order valence-corrected chi connectivity index (χ3v) is 4.38. The van der Waals surface area contributed by atoms with Gasteiger partial charge < -0.3 is 15.2 Å². The Morgan fingerprint density at radius 2 is 1.91 bits per heavy atom. The van der Waals surface area contributed by atoms with E-state index >= 15 is 0 Å². The molecule has 1 heterocycles. The molecule has 1 aromatic heterocycles. The fourth-order valence-corrected chi connectivity index (χ4v) is 3.20. The summed E-state index contributed by atoms with van der Waals surface area (Å²) in [6.07, 6.45) is 4.04. The SMILES string of the molecule is CC(C)OC(=O)c1ccsc1NC(=O)[C@@H]1CC=CC[C@H]1C(=O)O. The van der Waals surface area contributed by atoms with Crippen LogP contribution in [0.4, 0.5) is 5.00 Å². The van der Waals surface area contributed by atoms with Crippen molar-refractivity contribution in [2.45, 2.75) is 32.8 Å². The molecular weight excluding hydrogens is 318 g/mol. The molecule has 0 unspecified atom stereocenters. The van der Waals surface area contributed by atoms with Crippen molar-refractivity contribution in [1.82, 2.24) is 0 Å². The molecule has 2 atom stereocenters. The van der Waals surface area contributed by atoms with Gasteiger partial charge in [-0.25, -0.2) is 4.79 Å². The fraction of sp³-hybridized carbons (Fsp3) is 0.438. The largest absolute Gasteiger partial charge is 0.481 e. The topological polar surface area (TPSA) is 92.7 Å². The minimum Gasteiger partial charge on any atom is -0.481 e. The van der Waals surface area contributed by atoms with Gasteiger partial charge in [0.2, 0.25) is 5.91 Å². The molecule has 0 aromatic carbocycles. The standard InChI is InChI=1S/C16H19NO5S/c1-9(2)22-16(21)12-7-8-23-14(12)17-13(18)10-5-3-4-6-11(10)15(19)20/h3-4,7-11H,5-6H2,1-2H3,(H,17,18)(H,19,20)/t10-,11-/m1/s1. The molecule has 0 saturated heterocycles. The second kappa shape index (κ2) is 7.41. The Morgan fingerprint density at radius 1 is 1.26 bits per heavy atom. The maximum absolute atomic E-state index is 12.4. The molecule has 0 saturated carbocycles.